The maximum atomic E-state index is 6.61. The van der Waals surface area contributed by atoms with Crippen molar-refractivity contribution in [3.8, 4) is 33.8 Å². The molecule has 11 heteroatoms. The van der Waals surface area contributed by atoms with Crippen LogP contribution >= 0.6 is 159 Å². The van der Waals surface area contributed by atoms with E-state index in [4.69, 9.17) is 4.74 Å². The number of ether oxygens (including phenoxy) is 1. The van der Waals surface area contributed by atoms with Crippen LogP contribution in [0.4, 0.5) is 0 Å². The molecule has 0 saturated heterocycles. The van der Waals surface area contributed by atoms with Crippen molar-refractivity contribution in [1.29, 1.82) is 0 Å². The molecule has 0 aliphatic rings. The van der Waals surface area contributed by atoms with Crippen LogP contribution in [0.3, 0.4) is 0 Å². The summed E-state index contributed by atoms with van der Waals surface area (Å²) in [7, 11) is 0. The van der Waals surface area contributed by atoms with Crippen molar-refractivity contribution in [2.45, 2.75) is 0 Å². The van der Waals surface area contributed by atoms with Crippen LogP contribution in [0.5, 0.6) is 11.5 Å². The Morgan fingerprint density at radius 1 is 0.371 bits per heavy atom. The molecular formula is C24H8Br10O. The Bertz CT molecular complexity index is 1370. The molecule has 0 fully saturated rings. The standard InChI is InChI=1S/C24H8Br10O/c25-13-3-1-9(5-15(13)27)11-7-17(29)21(33)23(19(11)31)35-24-20(32)12(8-18(30)22(24)34)10-2-4-14(26)16(28)6-10/h1-8H. The monoisotopic (exact) mass is 1100 g/mol. The van der Waals surface area contributed by atoms with Crippen molar-refractivity contribution < 1.29 is 4.74 Å². The van der Waals surface area contributed by atoms with Crippen molar-refractivity contribution in [3.63, 3.8) is 0 Å². The molecule has 0 N–H and O–H groups in total. The molecule has 0 amide bonds. The highest BCUT2D eigenvalue weighted by atomic mass is 79.9. The third kappa shape index (κ3) is 6.30. The third-order valence-corrected chi connectivity index (χ3v) is 14.1. The number of rotatable bonds is 4. The maximum Gasteiger partial charge on any atom is 0.157 e. The largest absolute Gasteiger partial charge is 0.452 e. The topological polar surface area (TPSA) is 9.23 Å². The summed E-state index contributed by atoms with van der Waals surface area (Å²) in [4.78, 5) is 0. The number of hydrogen-bond donors (Lipinski definition) is 0. The fourth-order valence-corrected chi connectivity index (χ4v) is 7.82. The van der Waals surface area contributed by atoms with Crippen LogP contribution in [-0.2, 0) is 0 Å². The number of benzene rings is 4. The molecule has 0 bridgehead atoms. The molecule has 4 aromatic rings. The van der Waals surface area contributed by atoms with Crippen LogP contribution in [0.15, 0.2) is 93.3 Å². The van der Waals surface area contributed by atoms with Gasteiger partial charge in [-0.1, -0.05) is 12.1 Å². The van der Waals surface area contributed by atoms with E-state index >= 15 is 0 Å². The summed E-state index contributed by atoms with van der Waals surface area (Å²) in [6.45, 7) is 0. The van der Waals surface area contributed by atoms with Gasteiger partial charge in [-0.25, -0.2) is 0 Å². The van der Waals surface area contributed by atoms with Crippen molar-refractivity contribution in [1.82, 2.24) is 0 Å². The zero-order valence-corrected chi connectivity index (χ0v) is 32.7. The fourth-order valence-electron chi connectivity index (χ4n) is 3.19. The zero-order valence-electron chi connectivity index (χ0n) is 16.8. The van der Waals surface area contributed by atoms with Crippen molar-refractivity contribution >= 4 is 159 Å². The Labute approximate surface area is 286 Å². The SMILES string of the molecule is Brc1ccc(-c2cc(Br)c(Br)c(Oc3c(Br)c(Br)cc(-c4ccc(Br)c(Br)c4)c3Br)c2Br)cc1Br. The van der Waals surface area contributed by atoms with E-state index in [1.807, 2.05) is 36.4 Å². The molecule has 0 aliphatic heterocycles. The molecule has 0 aliphatic carbocycles. The second kappa shape index (κ2) is 12.3. The van der Waals surface area contributed by atoms with Gasteiger partial charge in [0.2, 0.25) is 0 Å². The quantitative estimate of drug-likeness (QED) is 0.185. The molecule has 0 spiro atoms. The third-order valence-electron chi connectivity index (χ3n) is 4.90. The summed E-state index contributed by atoms with van der Waals surface area (Å²) in [5.74, 6) is 1.27. The smallest absolute Gasteiger partial charge is 0.157 e. The molecule has 35 heavy (non-hydrogen) atoms. The highest BCUT2D eigenvalue weighted by molar-refractivity contribution is 9.14. The molecule has 180 valence electrons. The molecule has 0 heterocycles. The van der Waals surface area contributed by atoms with Gasteiger partial charge < -0.3 is 4.74 Å². The van der Waals surface area contributed by atoms with Crippen molar-refractivity contribution in [2.75, 3.05) is 0 Å². The van der Waals surface area contributed by atoms with E-state index in [1.54, 1.807) is 0 Å². The summed E-state index contributed by atoms with van der Waals surface area (Å²) >= 11 is 36.6. The first-order chi connectivity index (χ1) is 16.5. The van der Waals surface area contributed by atoms with Crippen molar-refractivity contribution in [3.05, 3.63) is 93.3 Å². The van der Waals surface area contributed by atoms with Crippen LogP contribution in [0, 0.1) is 0 Å². The molecule has 0 atom stereocenters. The Morgan fingerprint density at radius 2 is 0.743 bits per heavy atom. The Hall–Kier alpha value is 1.48. The first kappa shape index (κ1) is 29.5. The minimum atomic E-state index is 0.635. The lowest BCUT2D eigenvalue weighted by molar-refractivity contribution is 0.470. The molecule has 0 aromatic heterocycles. The highest BCUT2D eigenvalue weighted by Gasteiger charge is 2.23. The summed E-state index contributed by atoms with van der Waals surface area (Å²) in [5.41, 5.74) is 4.00. The summed E-state index contributed by atoms with van der Waals surface area (Å²) in [6, 6.07) is 16.3. The first-order valence-electron chi connectivity index (χ1n) is 9.43. The zero-order chi connectivity index (χ0) is 25.6. The van der Waals surface area contributed by atoms with Gasteiger partial charge in [0.1, 0.15) is 0 Å². The second-order valence-electron chi connectivity index (χ2n) is 7.09. The molecular weight excluding hydrogens is 1100 g/mol. The van der Waals surface area contributed by atoms with E-state index in [1.165, 1.54) is 0 Å². The van der Waals surface area contributed by atoms with Gasteiger partial charge in [-0.05, 0) is 207 Å². The van der Waals surface area contributed by atoms with Gasteiger partial charge in [0, 0.05) is 38.0 Å². The Morgan fingerprint density at radius 3 is 1.09 bits per heavy atom. The van der Waals surface area contributed by atoms with Gasteiger partial charge in [-0.3, -0.25) is 0 Å². The fraction of sp³-hybridized carbons (Fsp3) is 0. The normalized spacial score (nSPS) is 11.1. The van der Waals surface area contributed by atoms with Crippen LogP contribution in [-0.4, -0.2) is 0 Å². The van der Waals surface area contributed by atoms with Crippen LogP contribution in [0.2, 0.25) is 0 Å². The minimum absolute atomic E-state index is 0.635. The van der Waals surface area contributed by atoms with E-state index in [9.17, 15) is 0 Å². The van der Waals surface area contributed by atoms with Crippen LogP contribution in [0.25, 0.3) is 22.3 Å². The maximum absolute atomic E-state index is 6.61. The lowest BCUT2D eigenvalue weighted by Crippen LogP contribution is -1.95. The molecule has 0 saturated carbocycles. The Balaban J connectivity index is 1.89. The molecule has 4 aromatic carbocycles. The van der Waals surface area contributed by atoms with Crippen LogP contribution in [0.1, 0.15) is 0 Å². The molecule has 0 radical (unpaired) electrons. The predicted octanol–water partition coefficient (Wildman–Crippen LogP) is 14.4. The number of hydrogen-bond acceptors (Lipinski definition) is 1. The lowest BCUT2D eigenvalue weighted by Gasteiger charge is -2.19. The lowest BCUT2D eigenvalue weighted by atomic mass is 10.1. The van der Waals surface area contributed by atoms with Gasteiger partial charge in [-0.2, -0.15) is 0 Å². The van der Waals surface area contributed by atoms with Gasteiger partial charge in [-0.15, -0.1) is 0 Å². The van der Waals surface area contributed by atoms with Gasteiger partial charge >= 0.3 is 0 Å². The van der Waals surface area contributed by atoms with Crippen LogP contribution < -0.4 is 4.74 Å². The van der Waals surface area contributed by atoms with Crippen molar-refractivity contribution in [2.24, 2.45) is 0 Å². The van der Waals surface area contributed by atoms with Gasteiger partial charge in [0.05, 0.1) is 17.9 Å². The average Bonchev–Trinajstić information content (AvgIpc) is 2.82. The number of halogens is 10. The van der Waals surface area contributed by atoms with Gasteiger partial charge in [0.15, 0.2) is 11.5 Å². The minimum Gasteiger partial charge on any atom is -0.452 e. The van der Waals surface area contributed by atoms with E-state index < -0.39 is 0 Å². The van der Waals surface area contributed by atoms with E-state index in [0.717, 1.165) is 67.0 Å². The molecule has 4 rings (SSSR count). The molecule has 0 unspecified atom stereocenters. The van der Waals surface area contributed by atoms with E-state index in [2.05, 4.69) is 171 Å². The summed E-state index contributed by atoms with van der Waals surface area (Å²) < 4.78 is 15.4. The second-order valence-corrected chi connectivity index (χ2v) is 15.4. The van der Waals surface area contributed by atoms with E-state index in [0.29, 0.717) is 11.5 Å². The average molecular weight is 1110 g/mol. The predicted molar refractivity (Wildman–Crippen MR) is 181 cm³/mol. The Kier molecular flexibility index (Phi) is 10.4. The highest BCUT2D eigenvalue weighted by Crippen LogP contribution is 2.52. The molecule has 1 nitrogen and oxygen atoms in total. The van der Waals surface area contributed by atoms with E-state index in [-0.39, 0.29) is 0 Å². The van der Waals surface area contributed by atoms with Gasteiger partial charge in [0.25, 0.3) is 0 Å². The first-order valence-corrected chi connectivity index (χ1v) is 17.4. The summed E-state index contributed by atoms with van der Waals surface area (Å²) in [6.07, 6.45) is 0. The summed E-state index contributed by atoms with van der Waals surface area (Å²) in [5, 5.41) is 0.